The summed E-state index contributed by atoms with van der Waals surface area (Å²) in [6.45, 7) is 1.91. The predicted molar refractivity (Wildman–Crippen MR) is 94.5 cm³/mol. The fraction of sp³-hybridized carbons (Fsp3) is 0.368. The quantitative estimate of drug-likeness (QED) is 0.588. The van der Waals surface area contributed by atoms with Gasteiger partial charge in [-0.2, -0.15) is 5.10 Å². The Hall–Kier alpha value is -2.56. The molecule has 1 spiro atoms. The Morgan fingerprint density at radius 3 is 2.62 bits per heavy atom. The van der Waals surface area contributed by atoms with Crippen LogP contribution in [0, 0.1) is 0 Å². The molecule has 2 aliphatic rings. The molecular weight excluding hydrogens is 302 g/mol. The van der Waals surface area contributed by atoms with Crippen molar-refractivity contribution in [2.45, 2.75) is 44.6 Å². The topological polar surface area (TPSA) is 73.7 Å². The first-order valence-corrected chi connectivity index (χ1v) is 8.44. The molecule has 1 aliphatic carbocycles. The molecule has 1 aromatic rings. The molecule has 5 nitrogen and oxygen atoms in total. The first kappa shape index (κ1) is 16.3. The summed E-state index contributed by atoms with van der Waals surface area (Å²) in [6, 6.07) is 9.71. The van der Waals surface area contributed by atoms with Crippen molar-refractivity contribution in [3.8, 4) is 0 Å². The molecule has 126 valence electrons. The van der Waals surface area contributed by atoms with Gasteiger partial charge in [-0.25, -0.2) is 0 Å². The van der Waals surface area contributed by atoms with E-state index in [0.29, 0.717) is 5.71 Å². The van der Waals surface area contributed by atoms with E-state index in [0.717, 1.165) is 37.7 Å². The van der Waals surface area contributed by atoms with Crippen molar-refractivity contribution in [2.75, 3.05) is 0 Å². The Morgan fingerprint density at radius 1 is 1.25 bits per heavy atom. The standard InChI is InChI=1S/C19H23N3O2/c1-2-9-15(14-10-5-3-6-11-14)21-22-16-17(23)19(20-18(16)24)12-7-4-8-13-19/h2-3,5-6,9-11,22-23H,4,7-8,12-13H2,1H3,(H,20,24)/b9-2+,21-15+. The van der Waals surface area contributed by atoms with E-state index >= 15 is 0 Å². The molecule has 3 N–H and O–H groups in total. The maximum atomic E-state index is 12.3. The Labute approximate surface area is 142 Å². The smallest absolute Gasteiger partial charge is 0.273 e. The number of rotatable bonds is 4. The monoisotopic (exact) mass is 325 g/mol. The highest BCUT2D eigenvalue weighted by atomic mass is 16.3. The van der Waals surface area contributed by atoms with Gasteiger partial charge in [0.05, 0.1) is 11.3 Å². The summed E-state index contributed by atoms with van der Waals surface area (Å²) in [4.78, 5) is 12.3. The molecule has 0 radical (unpaired) electrons. The van der Waals surface area contributed by atoms with Crippen molar-refractivity contribution in [1.82, 2.24) is 10.7 Å². The molecule has 0 aromatic heterocycles. The van der Waals surface area contributed by atoms with Gasteiger partial charge < -0.3 is 10.4 Å². The van der Waals surface area contributed by atoms with Crippen LogP contribution in [0.2, 0.25) is 0 Å². The van der Waals surface area contributed by atoms with Gasteiger partial charge in [-0.3, -0.25) is 10.2 Å². The van der Waals surface area contributed by atoms with Crippen LogP contribution in [0.4, 0.5) is 0 Å². The van der Waals surface area contributed by atoms with Crippen molar-refractivity contribution in [1.29, 1.82) is 0 Å². The summed E-state index contributed by atoms with van der Waals surface area (Å²) in [7, 11) is 0. The van der Waals surface area contributed by atoms with E-state index in [1.165, 1.54) is 0 Å². The van der Waals surface area contributed by atoms with E-state index in [1.807, 2.05) is 49.4 Å². The van der Waals surface area contributed by atoms with Gasteiger partial charge in [-0.15, -0.1) is 0 Å². The van der Waals surface area contributed by atoms with Crippen LogP contribution < -0.4 is 10.7 Å². The molecule has 5 heteroatoms. The summed E-state index contributed by atoms with van der Waals surface area (Å²) < 4.78 is 0. The zero-order valence-electron chi connectivity index (χ0n) is 13.9. The van der Waals surface area contributed by atoms with Crippen LogP contribution in [0.15, 0.2) is 59.0 Å². The largest absolute Gasteiger partial charge is 0.507 e. The number of hydrazone groups is 1. The van der Waals surface area contributed by atoms with Gasteiger partial charge in [-0.1, -0.05) is 55.7 Å². The number of aliphatic hydroxyl groups excluding tert-OH is 1. The lowest BCUT2D eigenvalue weighted by atomic mass is 9.81. The first-order chi connectivity index (χ1) is 11.7. The van der Waals surface area contributed by atoms with Gasteiger partial charge in [0.2, 0.25) is 0 Å². The van der Waals surface area contributed by atoms with Crippen LogP contribution in [0.3, 0.4) is 0 Å². The highest BCUT2D eigenvalue weighted by Crippen LogP contribution is 2.37. The number of benzene rings is 1. The number of amides is 1. The van der Waals surface area contributed by atoms with E-state index in [-0.39, 0.29) is 17.4 Å². The number of aliphatic hydroxyl groups is 1. The fourth-order valence-electron chi connectivity index (χ4n) is 3.39. The molecule has 1 aromatic carbocycles. The third-order valence-corrected chi connectivity index (χ3v) is 4.66. The molecule has 1 fully saturated rings. The lowest BCUT2D eigenvalue weighted by molar-refractivity contribution is -0.118. The molecule has 1 aliphatic heterocycles. The van der Waals surface area contributed by atoms with Crippen LogP contribution in [0.25, 0.3) is 0 Å². The summed E-state index contributed by atoms with van der Waals surface area (Å²) in [6.07, 6.45) is 8.47. The molecular formula is C19H23N3O2. The maximum Gasteiger partial charge on any atom is 0.273 e. The zero-order valence-corrected chi connectivity index (χ0v) is 13.9. The minimum Gasteiger partial charge on any atom is -0.507 e. The molecule has 24 heavy (non-hydrogen) atoms. The SMILES string of the molecule is C/C=C/C(=N\NC1=C(O)C2(CCCCC2)NC1=O)c1ccccc1. The van der Waals surface area contributed by atoms with E-state index in [4.69, 9.17) is 0 Å². The average Bonchev–Trinajstić information content (AvgIpc) is 2.83. The number of hydrogen-bond acceptors (Lipinski definition) is 4. The van der Waals surface area contributed by atoms with Crippen molar-refractivity contribution in [3.63, 3.8) is 0 Å². The third-order valence-electron chi connectivity index (χ3n) is 4.66. The molecule has 3 rings (SSSR count). The zero-order chi connectivity index (χ0) is 17.0. The van der Waals surface area contributed by atoms with Crippen molar-refractivity contribution in [3.05, 3.63) is 59.5 Å². The lowest BCUT2D eigenvalue weighted by Crippen LogP contribution is -2.46. The Kier molecular flexibility index (Phi) is 4.69. The number of allylic oxidation sites excluding steroid dienone is 2. The molecule has 1 amide bonds. The summed E-state index contributed by atoms with van der Waals surface area (Å²) in [5, 5.41) is 17.9. The minimum absolute atomic E-state index is 0.101. The van der Waals surface area contributed by atoms with Gasteiger partial charge >= 0.3 is 0 Å². The van der Waals surface area contributed by atoms with Crippen LogP contribution in [-0.2, 0) is 4.79 Å². The van der Waals surface area contributed by atoms with Crippen LogP contribution >= 0.6 is 0 Å². The number of nitrogens with one attached hydrogen (secondary N) is 2. The summed E-state index contributed by atoms with van der Waals surface area (Å²) in [5.74, 6) is -0.185. The minimum atomic E-state index is -0.597. The average molecular weight is 325 g/mol. The Bertz CT molecular complexity index is 699. The summed E-state index contributed by atoms with van der Waals surface area (Å²) in [5.41, 5.74) is 4.00. The summed E-state index contributed by atoms with van der Waals surface area (Å²) >= 11 is 0. The Balaban J connectivity index is 1.87. The van der Waals surface area contributed by atoms with Crippen molar-refractivity contribution >= 4 is 11.6 Å². The first-order valence-electron chi connectivity index (χ1n) is 8.44. The number of nitrogens with zero attached hydrogens (tertiary/aromatic N) is 1. The van der Waals surface area contributed by atoms with Gasteiger partial charge in [0.1, 0.15) is 5.76 Å². The third kappa shape index (κ3) is 3.07. The predicted octanol–water partition coefficient (Wildman–Crippen LogP) is 3.16. The van der Waals surface area contributed by atoms with Gasteiger partial charge in [0, 0.05) is 5.56 Å². The highest BCUT2D eigenvalue weighted by molar-refractivity contribution is 6.08. The highest BCUT2D eigenvalue weighted by Gasteiger charge is 2.46. The van der Waals surface area contributed by atoms with Crippen LogP contribution in [0.1, 0.15) is 44.6 Å². The van der Waals surface area contributed by atoms with Crippen molar-refractivity contribution in [2.24, 2.45) is 5.10 Å². The van der Waals surface area contributed by atoms with E-state index in [9.17, 15) is 9.90 Å². The molecule has 0 atom stereocenters. The van der Waals surface area contributed by atoms with E-state index in [1.54, 1.807) is 0 Å². The van der Waals surface area contributed by atoms with Gasteiger partial charge in [-0.05, 0) is 25.8 Å². The van der Waals surface area contributed by atoms with Crippen LogP contribution in [-0.4, -0.2) is 22.3 Å². The normalized spacial score (nSPS) is 20.7. The van der Waals surface area contributed by atoms with Crippen molar-refractivity contribution < 1.29 is 9.90 Å². The van der Waals surface area contributed by atoms with E-state index < -0.39 is 5.54 Å². The fourth-order valence-corrected chi connectivity index (χ4v) is 3.39. The molecule has 0 unspecified atom stereocenters. The number of carbonyl (C=O) groups is 1. The molecule has 0 bridgehead atoms. The Morgan fingerprint density at radius 2 is 1.96 bits per heavy atom. The second kappa shape index (κ2) is 6.91. The lowest BCUT2D eigenvalue weighted by Gasteiger charge is -2.33. The number of carbonyl (C=O) groups excluding carboxylic acids is 1. The van der Waals surface area contributed by atoms with E-state index in [2.05, 4.69) is 15.8 Å². The van der Waals surface area contributed by atoms with Gasteiger partial charge in [0.25, 0.3) is 5.91 Å². The second-order valence-electron chi connectivity index (χ2n) is 6.30. The molecule has 1 saturated carbocycles. The second-order valence-corrected chi connectivity index (χ2v) is 6.30. The number of hydrogen-bond donors (Lipinski definition) is 3. The maximum absolute atomic E-state index is 12.3. The molecule has 0 saturated heterocycles. The van der Waals surface area contributed by atoms with Crippen LogP contribution in [0.5, 0.6) is 0 Å². The van der Waals surface area contributed by atoms with Gasteiger partial charge in [0.15, 0.2) is 5.70 Å². The molecule has 1 heterocycles.